The highest BCUT2D eigenvalue weighted by atomic mass is 16.6. The number of allylic oxidation sites excluding steroid dienone is 16. The van der Waals surface area contributed by atoms with E-state index in [1.54, 1.807) is 0 Å². The van der Waals surface area contributed by atoms with Crippen molar-refractivity contribution in [3.8, 4) is 0 Å². The van der Waals surface area contributed by atoms with E-state index in [4.69, 9.17) is 14.2 Å². The Morgan fingerprint density at radius 2 is 0.600 bits per heavy atom. The Balaban J connectivity index is 4.50. The van der Waals surface area contributed by atoms with Crippen LogP contribution in [0.4, 0.5) is 0 Å². The number of esters is 3. The zero-order valence-electron chi connectivity index (χ0n) is 42.2. The summed E-state index contributed by atoms with van der Waals surface area (Å²) in [6.07, 6.45) is 69.6. The van der Waals surface area contributed by atoms with E-state index in [0.717, 1.165) is 89.9 Å². The molecule has 1 unspecified atom stereocenters. The molecule has 0 fully saturated rings. The van der Waals surface area contributed by atoms with Gasteiger partial charge in [0.2, 0.25) is 0 Å². The summed E-state index contributed by atoms with van der Waals surface area (Å²) in [6.45, 7) is 6.43. The third kappa shape index (κ3) is 51.2. The van der Waals surface area contributed by atoms with Crippen LogP contribution in [0.2, 0.25) is 0 Å². The summed E-state index contributed by atoms with van der Waals surface area (Å²) in [5.41, 5.74) is 0. The third-order valence-corrected chi connectivity index (χ3v) is 11.3. The second kappa shape index (κ2) is 52.9. The minimum absolute atomic E-state index is 0.101. The van der Waals surface area contributed by atoms with Crippen LogP contribution in [0.5, 0.6) is 0 Å². The van der Waals surface area contributed by atoms with Gasteiger partial charge < -0.3 is 14.2 Å². The van der Waals surface area contributed by atoms with Gasteiger partial charge in [0, 0.05) is 19.3 Å². The quantitative estimate of drug-likeness (QED) is 0.0262. The minimum atomic E-state index is -0.807. The van der Waals surface area contributed by atoms with E-state index in [9.17, 15) is 14.4 Å². The first kappa shape index (κ1) is 61.3. The average molecular weight is 903 g/mol. The largest absolute Gasteiger partial charge is 0.462 e. The third-order valence-electron chi connectivity index (χ3n) is 11.3. The van der Waals surface area contributed by atoms with Crippen molar-refractivity contribution >= 4 is 17.9 Å². The molecule has 1 atom stereocenters. The monoisotopic (exact) mass is 903 g/mol. The molecule has 0 spiro atoms. The molecule has 0 aliphatic rings. The molecule has 0 aromatic rings. The van der Waals surface area contributed by atoms with Crippen LogP contribution in [0.1, 0.15) is 239 Å². The van der Waals surface area contributed by atoms with Gasteiger partial charge in [-0.2, -0.15) is 0 Å². The fourth-order valence-electron chi connectivity index (χ4n) is 7.23. The van der Waals surface area contributed by atoms with Gasteiger partial charge in [0.1, 0.15) is 13.2 Å². The highest BCUT2D eigenvalue weighted by Crippen LogP contribution is 2.15. The zero-order chi connectivity index (χ0) is 47.2. The van der Waals surface area contributed by atoms with Gasteiger partial charge in [-0.05, 0) is 64.2 Å². The lowest BCUT2D eigenvalue weighted by Gasteiger charge is -2.18. The van der Waals surface area contributed by atoms with Gasteiger partial charge in [-0.15, -0.1) is 0 Å². The van der Waals surface area contributed by atoms with E-state index in [1.165, 1.54) is 103 Å². The highest BCUT2D eigenvalue weighted by molar-refractivity contribution is 5.71. The van der Waals surface area contributed by atoms with E-state index in [0.29, 0.717) is 19.3 Å². The fraction of sp³-hybridized carbons (Fsp3) is 0.678. The Labute approximate surface area is 400 Å². The van der Waals surface area contributed by atoms with Gasteiger partial charge in [0.15, 0.2) is 6.10 Å². The maximum absolute atomic E-state index is 12.8. The summed E-state index contributed by atoms with van der Waals surface area (Å²) < 4.78 is 16.8. The summed E-state index contributed by atoms with van der Waals surface area (Å²) >= 11 is 0. The van der Waals surface area contributed by atoms with Crippen LogP contribution in [0.25, 0.3) is 0 Å². The van der Waals surface area contributed by atoms with Crippen LogP contribution < -0.4 is 0 Å². The molecule has 0 amide bonds. The molecular formula is C59H98O6. The van der Waals surface area contributed by atoms with Crippen molar-refractivity contribution in [1.82, 2.24) is 0 Å². The Morgan fingerprint density at radius 3 is 0.954 bits per heavy atom. The lowest BCUT2D eigenvalue weighted by atomic mass is 10.0. The van der Waals surface area contributed by atoms with Gasteiger partial charge in [-0.3, -0.25) is 14.4 Å². The van der Waals surface area contributed by atoms with Crippen molar-refractivity contribution in [2.75, 3.05) is 13.2 Å². The summed E-state index contributed by atoms with van der Waals surface area (Å²) in [5, 5.41) is 0. The maximum atomic E-state index is 12.8. The molecule has 0 saturated heterocycles. The minimum Gasteiger partial charge on any atom is -0.462 e. The van der Waals surface area contributed by atoms with Crippen LogP contribution in [0.3, 0.4) is 0 Å². The molecule has 370 valence electrons. The normalized spacial score (nSPS) is 12.8. The molecule has 6 heteroatoms. The molecule has 0 N–H and O–H groups in total. The first-order chi connectivity index (χ1) is 32.0. The van der Waals surface area contributed by atoms with E-state index in [1.807, 2.05) is 48.6 Å². The average Bonchev–Trinajstić information content (AvgIpc) is 3.30. The van der Waals surface area contributed by atoms with Crippen molar-refractivity contribution in [1.29, 1.82) is 0 Å². The second-order valence-electron chi connectivity index (χ2n) is 17.6. The lowest BCUT2D eigenvalue weighted by Crippen LogP contribution is -2.30. The molecule has 0 heterocycles. The topological polar surface area (TPSA) is 78.9 Å². The Bertz CT molecular complexity index is 1310. The van der Waals surface area contributed by atoms with E-state index < -0.39 is 6.10 Å². The predicted octanol–water partition coefficient (Wildman–Crippen LogP) is 17.8. The Kier molecular flexibility index (Phi) is 50.0. The van der Waals surface area contributed by atoms with E-state index in [-0.39, 0.29) is 37.5 Å². The van der Waals surface area contributed by atoms with Gasteiger partial charge >= 0.3 is 17.9 Å². The van der Waals surface area contributed by atoms with Crippen molar-refractivity contribution < 1.29 is 28.6 Å². The van der Waals surface area contributed by atoms with Gasteiger partial charge in [0.05, 0.1) is 0 Å². The molecule has 0 saturated carbocycles. The molecule has 65 heavy (non-hydrogen) atoms. The first-order valence-corrected chi connectivity index (χ1v) is 26.8. The predicted molar refractivity (Wildman–Crippen MR) is 279 cm³/mol. The van der Waals surface area contributed by atoms with Crippen LogP contribution in [-0.2, 0) is 28.6 Å². The molecule has 0 aliphatic carbocycles. The Morgan fingerprint density at radius 1 is 0.323 bits per heavy atom. The molecule has 0 aliphatic heterocycles. The molecule has 0 rings (SSSR count). The number of carbonyl (C=O) groups excluding carboxylic acids is 3. The van der Waals surface area contributed by atoms with Crippen LogP contribution in [0.15, 0.2) is 97.2 Å². The Hall–Kier alpha value is -3.67. The SMILES string of the molecule is CC\C=C/C=C\C=C/C=C\C=C/CCCCCC(=O)OC(COC(=O)CCCCCCC\C=C/C=C\C=C/CCCCCCC)COC(=O)CCCCCCCCCCCCCCCC. The number of ether oxygens (including phenoxy) is 3. The summed E-state index contributed by atoms with van der Waals surface area (Å²) in [5.74, 6) is -0.963. The highest BCUT2D eigenvalue weighted by Gasteiger charge is 2.19. The molecular weight excluding hydrogens is 805 g/mol. The molecule has 0 aromatic carbocycles. The number of hydrogen-bond donors (Lipinski definition) is 0. The summed E-state index contributed by atoms with van der Waals surface area (Å²) in [6, 6.07) is 0. The van der Waals surface area contributed by atoms with E-state index >= 15 is 0 Å². The fourth-order valence-corrected chi connectivity index (χ4v) is 7.23. The number of unbranched alkanes of at least 4 members (excludes halogenated alkanes) is 26. The molecule has 0 bridgehead atoms. The smallest absolute Gasteiger partial charge is 0.306 e. The number of rotatable bonds is 47. The first-order valence-electron chi connectivity index (χ1n) is 26.8. The van der Waals surface area contributed by atoms with Gasteiger partial charge in [-0.1, -0.05) is 253 Å². The summed E-state index contributed by atoms with van der Waals surface area (Å²) in [4.78, 5) is 38.0. The second-order valence-corrected chi connectivity index (χ2v) is 17.6. The van der Waals surface area contributed by atoms with Gasteiger partial charge in [0.25, 0.3) is 0 Å². The molecule has 0 radical (unpaired) electrons. The number of carbonyl (C=O) groups is 3. The summed E-state index contributed by atoms with van der Waals surface area (Å²) in [7, 11) is 0. The van der Waals surface area contributed by atoms with Crippen LogP contribution in [0, 0.1) is 0 Å². The molecule has 6 nitrogen and oxygen atoms in total. The molecule has 0 aromatic heterocycles. The zero-order valence-corrected chi connectivity index (χ0v) is 42.2. The van der Waals surface area contributed by atoms with E-state index in [2.05, 4.69) is 69.4 Å². The van der Waals surface area contributed by atoms with Crippen LogP contribution >= 0.6 is 0 Å². The van der Waals surface area contributed by atoms with Crippen molar-refractivity contribution in [2.24, 2.45) is 0 Å². The maximum Gasteiger partial charge on any atom is 0.306 e. The van der Waals surface area contributed by atoms with Gasteiger partial charge in [-0.25, -0.2) is 0 Å². The van der Waals surface area contributed by atoms with Crippen molar-refractivity contribution in [2.45, 2.75) is 245 Å². The number of hydrogen-bond acceptors (Lipinski definition) is 6. The van der Waals surface area contributed by atoms with Crippen LogP contribution in [-0.4, -0.2) is 37.2 Å². The van der Waals surface area contributed by atoms with Crippen molar-refractivity contribution in [3.05, 3.63) is 97.2 Å². The standard InChI is InChI=1S/C59H98O6/c1-4-7-10-13-16-19-22-25-28-29-30-32-34-37-40-43-46-49-52-58(61)64-55-56(54-63-57(60)51-48-45-42-39-36-33-27-24-21-18-15-12-9-6-3)65-59(62)53-50-47-44-41-38-35-31-26-23-20-17-14-11-8-5-2/h8,11,14,17,20,22-23,25-26,28-32,35,38,56H,4-7,9-10,12-13,15-16,18-19,21,24,27,33-34,36-37,39-55H2,1-3H3/b11-8-,17-14-,23-20-,25-22-,29-28-,31-26-,32-30-,38-35-. The lowest BCUT2D eigenvalue weighted by molar-refractivity contribution is -0.167. The van der Waals surface area contributed by atoms with Crippen molar-refractivity contribution in [3.63, 3.8) is 0 Å².